The van der Waals surface area contributed by atoms with E-state index in [4.69, 9.17) is 9.47 Å². The smallest absolute Gasteiger partial charge is 0.872 e. The molecule has 0 saturated heterocycles. The van der Waals surface area contributed by atoms with Crippen LogP contribution in [-0.2, 0) is 33.1 Å². The van der Waals surface area contributed by atoms with Gasteiger partial charge in [-0.05, 0) is 67.1 Å². The molecule has 0 aliphatic heterocycles. The van der Waals surface area contributed by atoms with Gasteiger partial charge < -0.3 is 24.2 Å². The second-order valence-electron chi connectivity index (χ2n) is 13.3. The molecule has 0 radical (unpaired) electrons. The summed E-state index contributed by atoms with van der Waals surface area (Å²) in [5, 5.41) is 21.6. The Labute approximate surface area is 357 Å². The Morgan fingerprint density at radius 1 is 0.527 bits per heavy atom. The summed E-state index contributed by atoms with van der Waals surface area (Å²) in [7, 11) is -9.52. The monoisotopic (exact) mass is 822 g/mol. The fourth-order valence-electron chi connectivity index (χ4n) is 6.07. The number of para-hydroxylation sites is 2. The van der Waals surface area contributed by atoms with Crippen molar-refractivity contribution in [3.8, 4) is 34.5 Å². The van der Waals surface area contributed by atoms with Crippen LogP contribution in [0.1, 0.15) is 115 Å². The average molecular weight is 823 g/mol. The first-order valence-corrected chi connectivity index (χ1v) is 21.8. The Balaban J connectivity index is 0.000000373. The summed E-state index contributed by atoms with van der Waals surface area (Å²) in [6.07, 6.45) is 18.4. The molecule has 4 aromatic carbocycles. The van der Waals surface area contributed by atoms with Crippen molar-refractivity contribution in [3.63, 3.8) is 0 Å². The van der Waals surface area contributed by atoms with E-state index in [1.54, 1.807) is 24.3 Å². The maximum absolute atomic E-state index is 11.8. The van der Waals surface area contributed by atoms with E-state index in [2.05, 4.69) is 13.8 Å². The number of unbranched alkanes of at least 4 members (excludes halogenated alkanes) is 12. The van der Waals surface area contributed by atoms with Crippen LogP contribution < -0.4 is 14.6 Å². The van der Waals surface area contributed by atoms with Crippen LogP contribution in [0, 0.1) is 0 Å². The van der Waals surface area contributed by atoms with Crippen molar-refractivity contribution >= 4 is 58.0 Å². The third-order valence-corrected chi connectivity index (χ3v) is 10.7. The van der Waals surface area contributed by atoms with Crippen LogP contribution >= 0.6 is 0 Å². The van der Waals surface area contributed by atoms with Crippen molar-refractivity contribution in [2.45, 2.75) is 126 Å². The van der Waals surface area contributed by atoms with Gasteiger partial charge >= 0.3 is 47.9 Å². The van der Waals surface area contributed by atoms with Crippen LogP contribution in [0.15, 0.2) is 94.7 Å². The van der Waals surface area contributed by atoms with Crippen molar-refractivity contribution in [2.24, 2.45) is 0 Å². The molecule has 0 amide bonds. The topological polar surface area (TPSA) is 173 Å². The fraction of sp³-hybridized carbons (Fsp3) is 0.429. The zero-order valence-electron chi connectivity index (χ0n) is 32.1. The summed E-state index contributed by atoms with van der Waals surface area (Å²) in [6.45, 7) is 4.40. The molecule has 0 fully saturated rings. The van der Waals surface area contributed by atoms with E-state index in [1.165, 1.54) is 94.5 Å². The largest absolute Gasteiger partial charge is 2.00 e. The Morgan fingerprint density at radius 2 is 0.909 bits per heavy atom. The normalized spacial score (nSPS) is 11.3. The van der Waals surface area contributed by atoms with Gasteiger partial charge in [-0.15, -0.1) is 0 Å². The molecular formula is C42H54CaO10S2. The summed E-state index contributed by atoms with van der Waals surface area (Å²) < 4.78 is 78.3. The van der Waals surface area contributed by atoms with Crippen molar-refractivity contribution in [1.29, 1.82) is 0 Å². The summed E-state index contributed by atoms with van der Waals surface area (Å²) in [5.41, 5.74) is 1.90. The van der Waals surface area contributed by atoms with Gasteiger partial charge in [-0.25, -0.2) is 8.42 Å². The molecule has 55 heavy (non-hydrogen) atoms. The molecule has 4 aromatic rings. The Bertz CT molecular complexity index is 1810. The Kier molecular flexibility index (Phi) is 22.3. The van der Waals surface area contributed by atoms with E-state index in [9.17, 15) is 36.2 Å². The molecule has 0 aromatic heterocycles. The van der Waals surface area contributed by atoms with Crippen LogP contribution in [0.25, 0.3) is 0 Å². The van der Waals surface area contributed by atoms with Crippen LogP contribution in [-0.4, -0.2) is 68.8 Å². The number of hydrogen-bond donors (Lipinski definition) is 2. The molecular weight excluding hydrogens is 769 g/mol. The number of aryl methyl sites for hydroxylation is 2. The molecule has 0 spiro atoms. The molecule has 0 aliphatic rings. The van der Waals surface area contributed by atoms with Gasteiger partial charge in [0.2, 0.25) is 0 Å². The first-order chi connectivity index (χ1) is 25.9. The molecule has 4 rings (SSSR count). The van der Waals surface area contributed by atoms with Crippen molar-refractivity contribution in [3.05, 3.63) is 96.1 Å². The summed E-state index contributed by atoms with van der Waals surface area (Å²) in [5.74, 6) is -0.710. The van der Waals surface area contributed by atoms with E-state index < -0.39 is 41.5 Å². The molecule has 10 nitrogen and oxygen atoms in total. The predicted molar refractivity (Wildman–Crippen MR) is 214 cm³/mol. The second-order valence-corrected chi connectivity index (χ2v) is 16.0. The fourth-order valence-corrected chi connectivity index (χ4v) is 7.44. The van der Waals surface area contributed by atoms with Gasteiger partial charge in [-0.2, -0.15) is 8.42 Å². The zero-order chi connectivity index (χ0) is 39.4. The first kappa shape index (κ1) is 48.3. The number of aromatic hydroxyl groups is 1. The molecule has 0 saturated carbocycles. The van der Waals surface area contributed by atoms with E-state index in [0.29, 0.717) is 11.5 Å². The van der Waals surface area contributed by atoms with Crippen LogP contribution in [0.4, 0.5) is 0 Å². The van der Waals surface area contributed by atoms with Gasteiger partial charge in [-0.3, -0.25) is 4.55 Å². The number of phenols is 1. The number of rotatable bonds is 22. The van der Waals surface area contributed by atoms with E-state index in [1.807, 2.05) is 24.3 Å². The third kappa shape index (κ3) is 17.0. The SMILES string of the molecule is CCCCCCCCCc1ccccc1Oc1cccc(O)c1S(=O)(=O)O.CCCCCCCCCc1ccccc1Oc1cccc([O-])c1S(=O)(=O)[O-].[Ca+2]. The third-order valence-electron chi connectivity index (χ3n) is 8.89. The minimum atomic E-state index is -4.92. The van der Waals surface area contributed by atoms with Crippen LogP contribution in [0.2, 0.25) is 0 Å². The molecule has 296 valence electrons. The van der Waals surface area contributed by atoms with Gasteiger partial charge in [0.05, 0.1) is 4.90 Å². The first-order valence-electron chi connectivity index (χ1n) is 18.9. The van der Waals surface area contributed by atoms with Crippen molar-refractivity contribution in [1.82, 2.24) is 0 Å². The minimum Gasteiger partial charge on any atom is -0.872 e. The molecule has 2 N–H and O–H groups in total. The number of hydrogen-bond acceptors (Lipinski definition) is 9. The maximum atomic E-state index is 11.8. The quantitative estimate of drug-likeness (QED) is 0.0441. The average Bonchev–Trinajstić information content (AvgIpc) is 3.11. The summed E-state index contributed by atoms with van der Waals surface area (Å²) >= 11 is 0. The standard InChI is InChI=1S/2C21H28O5S.Ca/c2*1-2-3-4-5-6-7-8-12-17-13-9-10-15-19(17)26-20-16-11-14-18(22)21(20)27(23,24)25;/h2*9-11,13-16,22H,2-8,12H2,1H3,(H,23,24,25);/q;;+2/p-2. The predicted octanol–water partition coefficient (Wildman–Crippen LogP) is 10.1. The molecule has 0 atom stereocenters. The van der Waals surface area contributed by atoms with E-state index >= 15 is 0 Å². The molecule has 13 heteroatoms. The number of benzene rings is 4. The minimum absolute atomic E-state index is 0. The zero-order valence-corrected chi connectivity index (χ0v) is 35.9. The van der Waals surface area contributed by atoms with Gasteiger partial charge in [0.1, 0.15) is 33.1 Å². The molecule has 0 heterocycles. The second kappa shape index (κ2) is 25.4. The van der Waals surface area contributed by atoms with E-state index in [0.717, 1.165) is 55.7 Å². The Hall–Kier alpha value is -2.84. The summed E-state index contributed by atoms with van der Waals surface area (Å²) in [4.78, 5) is -1.45. The van der Waals surface area contributed by atoms with Gasteiger partial charge in [0.25, 0.3) is 0 Å². The maximum Gasteiger partial charge on any atom is 2.00 e. The molecule has 0 aliphatic carbocycles. The number of phenolic OH excluding ortho intramolecular Hbond substituents is 1. The van der Waals surface area contributed by atoms with Crippen LogP contribution in [0.3, 0.4) is 0 Å². The van der Waals surface area contributed by atoms with Crippen molar-refractivity contribution in [2.75, 3.05) is 0 Å². The summed E-state index contributed by atoms with van der Waals surface area (Å²) in [6, 6.07) is 22.5. The molecule has 0 unspecified atom stereocenters. The van der Waals surface area contributed by atoms with Crippen molar-refractivity contribution < 1.29 is 45.6 Å². The molecule has 0 bridgehead atoms. The number of ether oxygens (including phenoxy) is 2. The van der Waals surface area contributed by atoms with Gasteiger partial charge in [-0.1, -0.05) is 151 Å². The van der Waals surface area contributed by atoms with Gasteiger partial charge in [0.15, 0.2) is 10.6 Å². The Morgan fingerprint density at radius 3 is 1.35 bits per heavy atom. The van der Waals surface area contributed by atoms with E-state index in [-0.39, 0.29) is 49.2 Å². The van der Waals surface area contributed by atoms with Gasteiger partial charge in [0, 0.05) is 0 Å². The van der Waals surface area contributed by atoms with Crippen LogP contribution in [0.5, 0.6) is 34.5 Å².